The fourth-order valence-electron chi connectivity index (χ4n) is 3.63. The second-order valence-corrected chi connectivity index (χ2v) is 8.51. The van der Waals surface area contributed by atoms with Crippen LogP contribution in [0.4, 0.5) is 5.69 Å². The van der Waals surface area contributed by atoms with E-state index in [4.69, 9.17) is 0 Å². The molecule has 2 heterocycles. The number of hydrogen-bond acceptors (Lipinski definition) is 4. The van der Waals surface area contributed by atoms with E-state index in [2.05, 4.69) is 27.8 Å². The molecule has 0 spiro atoms. The number of fused-ring (bicyclic) bond motifs is 1. The van der Waals surface area contributed by atoms with Gasteiger partial charge in [0.05, 0.1) is 21.0 Å². The number of H-pyrrole nitrogens is 1. The largest absolute Gasteiger partial charge is 0.367 e. The minimum absolute atomic E-state index is 0.322. The van der Waals surface area contributed by atoms with Gasteiger partial charge in [-0.2, -0.15) is 0 Å². The molecular weight excluding hydrogens is 346 g/mol. The number of benzene rings is 2. The van der Waals surface area contributed by atoms with Gasteiger partial charge in [0.25, 0.3) is 0 Å². The second kappa shape index (κ2) is 6.78. The Kier molecular flexibility index (Phi) is 4.46. The molecule has 0 radical (unpaired) electrons. The predicted octanol–water partition coefficient (Wildman–Crippen LogP) is 3.14. The first-order valence-electron chi connectivity index (χ1n) is 8.99. The molecule has 1 saturated heterocycles. The van der Waals surface area contributed by atoms with Gasteiger partial charge in [0.2, 0.25) is 9.84 Å². The van der Waals surface area contributed by atoms with Crippen LogP contribution < -0.4 is 4.90 Å². The molecule has 2 aromatic carbocycles. The van der Waals surface area contributed by atoms with Gasteiger partial charge in [0.15, 0.2) is 0 Å². The topological polar surface area (TPSA) is 56.4 Å². The number of anilines is 1. The first-order valence-corrected chi connectivity index (χ1v) is 10.5. The van der Waals surface area contributed by atoms with Gasteiger partial charge in [0, 0.05) is 37.8 Å². The number of aromatic nitrogens is 1. The Bertz CT molecular complexity index is 1000. The van der Waals surface area contributed by atoms with Crippen molar-refractivity contribution < 1.29 is 8.42 Å². The van der Waals surface area contributed by atoms with Crippen LogP contribution in [-0.4, -0.2) is 51.0 Å². The molecule has 0 aliphatic carbocycles. The first kappa shape index (κ1) is 17.1. The lowest BCUT2D eigenvalue weighted by molar-refractivity contribution is 0.271. The van der Waals surface area contributed by atoms with Crippen molar-refractivity contribution in [1.82, 2.24) is 9.88 Å². The summed E-state index contributed by atoms with van der Waals surface area (Å²) >= 11 is 0. The van der Waals surface area contributed by atoms with Crippen LogP contribution in [0, 0.1) is 0 Å². The van der Waals surface area contributed by atoms with E-state index in [9.17, 15) is 8.42 Å². The molecule has 3 aromatic rings. The Balaban J connectivity index is 1.75. The second-order valence-electron chi connectivity index (χ2n) is 6.59. The van der Waals surface area contributed by atoms with E-state index in [-0.39, 0.29) is 0 Å². The monoisotopic (exact) mass is 369 g/mol. The third-order valence-corrected chi connectivity index (χ3v) is 6.97. The molecule has 0 atom stereocenters. The fraction of sp³-hybridized carbons (Fsp3) is 0.300. The fourth-order valence-corrected chi connectivity index (χ4v) is 5.07. The van der Waals surface area contributed by atoms with Gasteiger partial charge in [-0.25, -0.2) is 8.42 Å². The SMILES string of the molecule is CCN1CCN(c2cccc3c(S(=O)(=O)c4ccccc4)c[nH]c23)CC1. The van der Waals surface area contributed by atoms with Gasteiger partial charge < -0.3 is 14.8 Å². The summed E-state index contributed by atoms with van der Waals surface area (Å²) in [5, 5.41) is 0.754. The minimum atomic E-state index is -3.54. The zero-order valence-electron chi connectivity index (χ0n) is 14.9. The predicted molar refractivity (Wildman–Crippen MR) is 105 cm³/mol. The van der Waals surface area contributed by atoms with Crippen molar-refractivity contribution in [3.8, 4) is 0 Å². The van der Waals surface area contributed by atoms with E-state index < -0.39 is 9.84 Å². The molecule has 1 N–H and O–H groups in total. The number of nitrogens with zero attached hydrogens (tertiary/aromatic N) is 2. The Labute approximate surface area is 154 Å². The van der Waals surface area contributed by atoms with Crippen molar-refractivity contribution in [3.05, 3.63) is 54.7 Å². The lowest BCUT2D eigenvalue weighted by Gasteiger charge is -2.35. The van der Waals surface area contributed by atoms with Crippen molar-refractivity contribution in [2.75, 3.05) is 37.6 Å². The third-order valence-electron chi connectivity index (χ3n) is 5.16. The molecule has 5 nitrogen and oxygen atoms in total. The summed E-state index contributed by atoms with van der Waals surface area (Å²) in [6.45, 7) is 7.22. The van der Waals surface area contributed by atoms with Gasteiger partial charge in [-0.05, 0) is 24.7 Å². The minimum Gasteiger partial charge on any atom is -0.367 e. The number of likely N-dealkylation sites (N-methyl/N-ethyl adjacent to an activating group) is 1. The maximum absolute atomic E-state index is 13.0. The van der Waals surface area contributed by atoms with Crippen LogP contribution in [-0.2, 0) is 9.84 Å². The molecule has 0 amide bonds. The number of piperazine rings is 1. The number of nitrogens with one attached hydrogen (secondary N) is 1. The number of para-hydroxylation sites is 1. The van der Waals surface area contributed by atoms with Gasteiger partial charge in [-0.15, -0.1) is 0 Å². The number of sulfone groups is 1. The maximum atomic E-state index is 13.0. The number of aromatic amines is 1. The zero-order chi connectivity index (χ0) is 18.1. The van der Waals surface area contributed by atoms with Gasteiger partial charge >= 0.3 is 0 Å². The van der Waals surface area contributed by atoms with E-state index in [1.165, 1.54) is 0 Å². The molecule has 0 unspecified atom stereocenters. The van der Waals surface area contributed by atoms with E-state index in [1.54, 1.807) is 30.5 Å². The van der Waals surface area contributed by atoms with Gasteiger partial charge in [0.1, 0.15) is 0 Å². The summed E-state index contributed by atoms with van der Waals surface area (Å²) < 4.78 is 26.1. The Morgan fingerprint density at radius 3 is 2.38 bits per heavy atom. The summed E-state index contributed by atoms with van der Waals surface area (Å²) in [5.74, 6) is 0. The molecule has 1 aliphatic rings. The normalized spacial score (nSPS) is 16.3. The van der Waals surface area contributed by atoms with Crippen LogP contribution in [0.15, 0.2) is 64.5 Å². The van der Waals surface area contributed by atoms with Crippen LogP contribution in [0.1, 0.15) is 6.92 Å². The quantitative estimate of drug-likeness (QED) is 0.768. The van der Waals surface area contributed by atoms with Crippen molar-refractivity contribution in [1.29, 1.82) is 0 Å². The number of rotatable bonds is 4. The van der Waals surface area contributed by atoms with E-state index in [0.29, 0.717) is 9.79 Å². The molecule has 1 fully saturated rings. The first-order chi connectivity index (χ1) is 12.6. The Hall–Kier alpha value is -2.31. The van der Waals surface area contributed by atoms with E-state index in [0.717, 1.165) is 49.3 Å². The van der Waals surface area contributed by atoms with Crippen LogP contribution in [0.3, 0.4) is 0 Å². The molecular formula is C20H23N3O2S. The molecule has 1 aliphatic heterocycles. The highest BCUT2D eigenvalue weighted by atomic mass is 32.2. The lowest BCUT2D eigenvalue weighted by atomic mass is 10.2. The summed E-state index contributed by atoms with van der Waals surface area (Å²) in [5.41, 5.74) is 1.97. The summed E-state index contributed by atoms with van der Waals surface area (Å²) in [6.07, 6.45) is 1.62. The average Bonchev–Trinajstić information content (AvgIpc) is 3.14. The lowest BCUT2D eigenvalue weighted by Crippen LogP contribution is -2.46. The highest BCUT2D eigenvalue weighted by Crippen LogP contribution is 2.33. The molecule has 0 saturated carbocycles. The maximum Gasteiger partial charge on any atom is 0.208 e. The van der Waals surface area contributed by atoms with Crippen LogP contribution in [0.5, 0.6) is 0 Å². The molecule has 4 rings (SSSR count). The van der Waals surface area contributed by atoms with E-state index in [1.807, 2.05) is 18.2 Å². The third kappa shape index (κ3) is 2.89. The molecule has 26 heavy (non-hydrogen) atoms. The molecule has 136 valence electrons. The smallest absolute Gasteiger partial charge is 0.208 e. The average molecular weight is 369 g/mol. The van der Waals surface area contributed by atoms with Crippen molar-refractivity contribution in [2.24, 2.45) is 0 Å². The van der Waals surface area contributed by atoms with E-state index >= 15 is 0 Å². The van der Waals surface area contributed by atoms with Crippen LogP contribution >= 0.6 is 0 Å². The summed E-state index contributed by atoms with van der Waals surface area (Å²) in [4.78, 5) is 8.65. The standard InChI is InChI=1S/C20H23N3O2S/c1-2-22-11-13-23(14-12-22)18-10-6-9-17-19(15-21-20(17)18)26(24,25)16-7-4-3-5-8-16/h3-10,15,21H,2,11-14H2,1H3. The molecule has 1 aromatic heterocycles. The van der Waals surface area contributed by atoms with Crippen LogP contribution in [0.2, 0.25) is 0 Å². The highest BCUT2D eigenvalue weighted by Gasteiger charge is 2.24. The van der Waals surface area contributed by atoms with Crippen molar-refractivity contribution in [2.45, 2.75) is 16.7 Å². The molecule has 6 heteroatoms. The molecule has 0 bridgehead atoms. The Morgan fingerprint density at radius 2 is 1.69 bits per heavy atom. The number of hydrogen-bond donors (Lipinski definition) is 1. The van der Waals surface area contributed by atoms with Crippen LogP contribution in [0.25, 0.3) is 10.9 Å². The summed E-state index contributed by atoms with van der Waals surface area (Å²) in [6, 6.07) is 14.5. The van der Waals surface area contributed by atoms with Gasteiger partial charge in [-0.1, -0.05) is 37.3 Å². The Morgan fingerprint density at radius 1 is 0.962 bits per heavy atom. The van der Waals surface area contributed by atoms with Gasteiger partial charge in [-0.3, -0.25) is 0 Å². The van der Waals surface area contributed by atoms with Crippen molar-refractivity contribution in [3.63, 3.8) is 0 Å². The zero-order valence-corrected chi connectivity index (χ0v) is 15.7. The highest BCUT2D eigenvalue weighted by molar-refractivity contribution is 7.91. The van der Waals surface area contributed by atoms with Crippen molar-refractivity contribution >= 4 is 26.4 Å². The summed E-state index contributed by atoms with van der Waals surface area (Å²) in [7, 11) is -3.54.